The van der Waals surface area contributed by atoms with Crippen LogP contribution >= 0.6 is 0 Å². The molecular weight excluding hydrogens is 564 g/mol. The maximum Gasteiger partial charge on any atom is 0.360 e. The van der Waals surface area contributed by atoms with E-state index in [0.717, 1.165) is 148 Å². The molecule has 4 aliphatic rings. The molecule has 0 fully saturated rings. The van der Waals surface area contributed by atoms with Crippen molar-refractivity contribution >= 4 is 0 Å². The lowest BCUT2D eigenvalue weighted by atomic mass is 9.99. The van der Waals surface area contributed by atoms with Gasteiger partial charge in [-0.2, -0.15) is 18.7 Å². The summed E-state index contributed by atoms with van der Waals surface area (Å²) in [4.78, 5) is 0. The van der Waals surface area contributed by atoms with E-state index in [1.54, 1.807) is 0 Å². The van der Waals surface area contributed by atoms with Crippen LogP contribution in [0.1, 0.15) is 148 Å². The first kappa shape index (κ1) is 29.0. The summed E-state index contributed by atoms with van der Waals surface area (Å²) in [7, 11) is 0. The summed E-state index contributed by atoms with van der Waals surface area (Å²) >= 11 is 0. The van der Waals surface area contributed by atoms with Crippen molar-refractivity contribution in [2.24, 2.45) is 0 Å². The molecule has 4 aromatic rings. The van der Waals surface area contributed by atoms with Gasteiger partial charge in [0.05, 0.1) is 45.6 Å². The predicted molar refractivity (Wildman–Crippen MR) is 168 cm³/mol. The van der Waals surface area contributed by atoms with Crippen LogP contribution in [0, 0.1) is 0 Å². The Hall–Kier alpha value is -3.44. The minimum Gasteiger partial charge on any atom is -0.181 e. The Kier molecular flexibility index (Phi) is 8.21. The molecule has 12 heteroatoms. The minimum atomic E-state index is -1.22. The quantitative estimate of drug-likeness (QED) is 0.319. The van der Waals surface area contributed by atoms with Crippen molar-refractivity contribution < 1.29 is 0 Å². The summed E-state index contributed by atoms with van der Waals surface area (Å²) in [6, 6.07) is 0. The average Bonchev–Trinajstić information content (AvgIpc) is 3.77. The third kappa shape index (κ3) is 5.12. The molecule has 0 bridgehead atoms. The van der Waals surface area contributed by atoms with Gasteiger partial charge < -0.3 is 0 Å². The molecule has 0 unspecified atom stereocenters. The summed E-state index contributed by atoms with van der Waals surface area (Å²) in [5, 5.41) is 40.1. The van der Waals surface area contributed by atoms with Crippen LogP contribution in [-0.2, 0) is 57.3 Å². The van der Waals surface area contributed by atoms with E-state index in [0.29, 0.717) is 0 Å². The van der Waals surface area contributed by atoms with Gasteiger partial charge in [-0.3, -0.25) is 0 Å². The predicted octanol–water partition coefficient (Wildman–Crippen LogP) is 4.90. The van der Waals surface area contributed by atoms with Gasteiger partial charge in [0.25, 0.3) is 0 Å². The van der Waals surface area contributed by atoms with Crippen LogP contribution in [0.25, 0.3) is 0 Å². The molecule has 0 spiro atoms. The first-order chi connectivity index (χ1) is 22.4. The maximum atomic E-state index is 5.10. The molecule has 12 nitrogen and oxygen atoms in total. The van der Waals surface area contributed by atoms with Crippen LogP contribution in [0.4, 0.5) is 0 Å². The minimum absolute atomic E-state index is 0.911. The summed E-state index contributed by atoms with van der Waals surface area (Å²) in [5.41, 5.74) is 9.01. The highest BCUT2D eigenvalue weighted by Crippen LogP contribution is 2.36. The van der Waals surface area contributed by atoms with Crippen molar-refractivity contribution in [3.05, 3.63) is 45.6 Å². The van der Waals surface area contributed by atoms with Gasteiger partial charge in [0, 0.05) is 0 Å². The summed E-state index contributed by atoms with van der Waals surface area (Å²) in [5.74, 6) is -1.22. The first-order valence-electron chi connectivity index (χ1n) is 18.1. The molecule has 4 heterocycles. The van der Waals surface area contributed by atoms with Crippen molar-refractivity contribution in [1.82, 2.24) is 60.0 Å². The lowest BCUT2D eigenvalue weighted by molar-refractivity contribution is 0.0392. The molecule has 0 saturated carbocycles. The molecular formula is C33H48N12. The highest BCUT2D eigenvalue weighted by atomic mass is 15.8. The second-order valence-corrected chi connectivity index (χ2v) is 13.8. The standard InChI is InChI=1S/C33H48N12/c1-5-13-21-29-25(17-9-1)34-38-42(29)33(43-30-22-14-6-2-10-18-26(30)35-39-43,44-31-23-15-7-3-11-19-27(31)36-40-44)45-32-24-16-8-4-12-20-28(32)37-41-45/h1-24H2. The van der Waals surface area contributed by atoms with Crippen LogP contribution in [0.3, 0.4) is 0 Å². The van der Waals surface area contributed by atoms with Crippen LogP contribution in [0.5, 0.6) is 0 Å². The van der Waals surface area contributed by atoms with Crippen LogP contribution in [0.2, 0.25) is 0 Å². The van der Waals surface area contributed by atoms with E-state index in [4.69, 9.17) is 41.2 Å². The van der Waals surface area contributed by atoms with E-state index in [1.165, 1.54) is 51.4 Å². The first-order valence-corrected chi connectivity index (χ1v) is 18.1. The van der Waals surface area contributed by atoms with Gasteiger partial charge in [0.15, 0.2) is 0 Å². The number of hydrogen-bond donors (Lipinski definition) is 0. The number of rotatable bonds is 4. The second kappa shape index (κ2) is 12.7. The number of hydrogen-bond acceptors (Lipinski definition) is 8. The van der Waals surface area contributed by atoms with E-state index in [1.807, 2.05) is 0 Å². The Bertz CT molecular complexity index is 1370. The van der Waals surface area contributed by atoms with E-state index in [9.17, 15) is 0 Å². The Labute approximate surface area is 265 Å². The van der Waals surface area contributed by atoms with Crippen molar-refractivity contribution in [1.29, 1.82) is 0 Å². The molecule has 4 aliphatic carbocycles. The van der Waals surface area contributed by atoms with E-state index in [-0.39, 0.29) is 0 Å². The largest absolute Gasteiger partial charge is 0.360 e. The number of fused-ring (bicyclic) bond motifs is 4. The molecule has 8 rings (SSSR count). The van der Waals surface area contributed by atoms with Gasteiger partial charge in [-0.15, -0.1) is 20.4 Å². The van der Waals surface area contributed by atoms with E-state index >= 15 is 0 Å². The van der Waals surface area contributed by atoms with Gasteiger partial charge in [0.1, 0.15) is 0 Å². The fourth-order valence-electron chi connectivity index (χ4n) is 8.36. The molecule has 240 valence electrons. The monoisotopic (exact) mass is 612 g/mol. The molecule has 0 amide bonds. The van der Waals surface area contributed by atoms with Gasteiger partial charge in [-0.1, -0.05) is 72.2 Å². The number of aromatic nitrogens is 12. The maximum absolute atomic E-state index is 5.10. The van der Waals surface area contributed by atoms with E-state index in [2.05, 4.69) is 18.7 Å². The second-order valence-electron chi connectivity index (χ2n) is 13.8. The van der Waals surface area contributed by atoms with Crippen LogP contribution in [-0.4, -0.2) is 60.0 Å². The lowest BCUT2D eigenvalue weighted by Crippen LogP contribution is -2.58. The van der Waals surface area contributed by atoms with Gasteiger partial charge in [0.2, 0.25) is 0 Å². The Morgan fingerprint density at radius 2 is 0.511 bits per heavy atom. The highest BCUT2D eigenvalue weighted by Gasteiger charge is 2.51. The Balaban J connectivity index is 1.47. The molecule has 0 aromatic carbocycles. The summed E-state index contributed by atoms with van der Waals surface area (Å²) < 4.78 is 8.57. The summed E-state index contributed by atoms with van der Waals surface area (Å²) in [6.45, 7) is 0. The number of nitrogens with zero attached hydrogens (tertiary/aromatic N) is 12. The normalized spacial score (nSPS) is 20.1. The topological polar surface area (TPSA) is 123 Å². The zero-order valence-electron chi connectivity index (χ0n) is 26.8. The highest BCUT2D eigenvalue weighted by molar-refractivity contribution is 5.24. The van der Waals surface area contributed by atoms with Crippen molar-refractivity contribution in [2.45, 2.75) is 160 Å². The third-order valence-corrected chi connectivity index (χ3v) is 10.8. The van der Waals surface area contributed by atoms with Crippen LogP contribution in [0.15, 0.2) is 0 Å². The molecule has 0 N–H and O–H groups in total. The average molecular weight is 613 g/mol. The molecule has 0 atom stereocenters. The molecule has 0 aliphatic heterocycles. The van der Waals surface area contributed by atoms with Gasteiger partial charge >= 0.3 is 5.91 Å². The summed E-state index contributed by atoms with van der Waals surface area (Å²) in [6.07, 6.45) is 26.2. The molecule has 4 aromatic heterocycles. The SMILES string of the molecule is C1CCCc2c(nnn2C(n2nnc3c2CCCCCC3)(n2nnc3c2CCCCCC3)n2nnc3c2CCCCCC3)CC1. The Morgan fingerprint density at radius 3 is 0.756 bits per heavy atom. The van der Waals surface area contributed by atoms with Gasteiger partial charge in [-0.25, -0.2) is 0 Å². The van der Waals surface area contributed by atoms with Crippen molar-refractivity contribution in [2.75, 3.05) is 0 Å². The zero-order valence-corrected chi connectivity index (χ0v) is 26.8. The van der Waals surface area contributed by atoms with E-state index < -0.39 is 5.91 Å². The van der Waals surface area contributed by atoms with Crippen molar-refractivity contribution in [3.8, 4) is 0 Å². The lowest BCUT2D eigenvalue weighted by Gasteiger charge is -2.37. The molecule has 0 saturated heterocycles. The smallest absolute Gasteiger partial charge is 0.181 e. The van der Waals surface area contributed by atoms with Crippen LogP contribution < -0.4 is 0 Å². The zero-order chi connectivity index (χ0) is 30.1. The van der Waals surface area contributed by atoms with Crippen molar-refractivity contribution in [3.63, 3.8) is 0 Å². The fraction of sp³-hybridized carbons (Fsp3) is 0.758. The number of aryl methyl sites for hydroxylation is 4. The molecule has 45 heavy (non-hydrogen) atoms. The molecule has 0 radical (unpaired) electrons. The third-order valence-electron chi connectivity index (χ3n) is 10.8. The Morgan fingerprint density at radius 1 is 0.289 bits per heavy atom. The fourth-order valence-corrected chi connectivity index (χ4v) is 8.36. The van der Waals surface area contributed by atoms with Gasteiger partial charge in [-0.05, 0) is 103 Å².